The highest BCUT2D eigenvalue weighted by molar-refractivity contribution is 5.79. The lowest BCUT2D eigenvalue weighted by Gasteiger charge is -2.49. The molecule has 0 aliphatic carbocycles. The first-order chi connectivity index (χ1) is 16.7. The summed E-state index contributed by atoms with van der Waals surface area (Å²) in [4.78, 5) is 15.3. The van der Waals surface area contributed by atoms with E-state index < -0.39 is 52.9 Å². The van der Waals surface area contributed by atoms with E-state index in [0.29, 0.717) is 6.42 Å². The van der Waals surface area contributed by atoms with Crippen molar-refractivity contribution in [3.8, 4) is 5.75 Å². The van der Waals surface area contributed by atoms with Crippen molar-refractivity contribution in [2.75, 3.05) is 20.1 Å². The average Bonchev–Trinajstić information content (AvgIpc) is 2.78. The number of likely N-dealkylation sites (N-methyl/N-ethyl adjacent to an activating group) is 1. The highest BCUT2D eigenvalue weighted by atomic mass is 19.4. The number of benzene rings is 1. The van der Waals surface area contributed by atoms with Gasteiger partial charge in [0.15, 0.2) is 0 Å². The van der Waals surface area contributed by atoms with Gasteiger partial charge in [0.2, 0.25) is 5.60 Å². The highest BCUT2D eigenvalue weighted by Crippen LogP contribution is 2.41. The minimum atomic E-state index is -4.73. The van der Waals surface area contributed by atoms with Gasteiger partial charge >= 0.3 is 18.3 Å². The molecule has 1 saturated heterocycles. The number of ether oxygens (including phenoxy) is 1. The number of aliphatic carboxylic acids is 1. The van der Waals surface area contributed by atoms with Crippen LogP contribution in [-0.4, -0.2) is 70.2 Å². The van der Waals surface area contributed by atoms with Crippen LogP contribution in [0.3, 0.4) is 0 Å². The van der Waals surface area contributed by atoms with E-state index in [1.54, 1.807) is 14.0 Å². The van der Waals surface area contributed by atoms with Gasteiger partial charge in [0, 0.05) is 38.3 Å². The number of likely N-dealkylation sites (tertiary alicyclic amines) is 1. The van der Waals surface area contributed by atoms with Gasteiger partial charge in [0.25, 0.3) is 0 Å². The molecule has 1 fully saturated rings. The van der Waals surface area contributed by atoms with Gasteiger partial charge in [0.1, 0.15) is 12.0 Å². The van der Waals surface area contributed by atoms with Crippen molar-refractivity contribution in [3.63, 3.8) is 0 Å². The van der Waals surface area contributed by atoms with Crippen LogP contribution < -0.4 is 4.74 Å². The molecule has 3 unspecified atom stereocenters. The molecule has 0 bridgehead atoms. The number of carboxylic acids is 1. The van der Waals surface area contributed by atoms with E-state index in [-0.39, 0.29) is 38.1 Å². The van der Waals surface area contributed by atoms with Gasteiger partial charge in [-0.3, -0.25) is 4.90 Å². The Morgan fingerprint density at radius 1 is 1.17 bits per heavy atom. The van der Waals surface area contributed by atoms with Gasteiger partial charge in [-0.2, -0.15) is 26.3 Å². The summed E-state index contributed by atoms with van der Waals surface area (Å²) in [7, 11) is 1.55. The third-order valence-electron chi connectivity index (χ3n) is 6.46. The molecule has 12 heteroatoms. The summed E-state index contributed by atoms with van der Waals surface area (Å²) >= 11 is 0. The van der Waals surface area contributed by atoms with E-state index in [1.807, 2.05) is 0 Å². The van der Waals surface area contributed by atoms with Crippen molar-refractivity contribution in [3.05, 3.63) is 53.3 Å². The maximum atomic E-state index is 13.7. The Balaban J connectivity index is 2.00. The molecule has 0 spiro atoms. The summed E-state index contributed by atoms with van der Waals surface area (Å²) in [5.74, 6) is -1.55. The van der Waals surface area contributed by atoms with E-state index in [2.05, 4.69) is 0 Å². The van der Waals surface area contributed by atoms with Crippen LogP contribution in [0, 0.1) is 0 Å². The number of nitrogens with zero attached hydrogens (tertiary/aromatic N) is 2. The van der Waals surface area contributed by atoms with Crippen LogP contribution in [-0.2, 0) is 11.0 Å². The molecule has 2 aliphatic heterocycles. The summed E-state index contributed by atoms with van der Waals surface area (Å²) in [6, 6.07) is 2.48. The van der Waals surface area contributed by atoms with Crippen molar-refractivity contribution in [1.29, 1.82) is 0 Å². The first-order valence-electron chi connectivity index (χ1n) is 11.4. The Kier molecular flexibility index (Phi) is 7.99. The Morgan fingerprint density at radius 3 is 2.33 bits per heavy atom. The lowest BCUT2D eigenvalue weighted by Crippen LogP contribution is -2.66. The zero-order valence-electron chi connectivity index (χ0n) is 19.7. The van der Waals surface area contributed by atoms with Crippen LogP contribution in [0.4, 0.5) is 26.3 Å². The van der Waals surface area contributed by atoms with Crippen molar-refractivity contribution >= 4 is 5.97 Å². The van der Waals surface area contributed by atoms with E-state index in [0.717, 1.165) is 30.3 Å². The predicted octanol–water partition coefficient (Wildman–Crippen LogP) is 4.81. The van der Waals surface area contributed by atoms with Crippen molar-refractivity contribution in [2.45, 2.75) is 62.8 Å². The average molecular weight is 522 g/mol. The molecule has 1 aromatic carbocycles. The molecule has 3 rings (SSSR count). The molecular formula is C24H28F6N2O4. The van der Waals surface area contributed by atoms with Crippen molar-refractivity contribution < 1.29 is 46.1 Å². The lowest BCUT2D eigenvalue weighted by molar-refractivity contribution is -0.176. The number of aliphatic hydroxyl groups is 1. The second-order valence-corrected chi connectivity index (χ2v) is 8.98. The molecule has 0 saturated carbocycles. The summed E-state index contributed by atoms with van der Waals surface area (Å²) in [6.07, 6.45) is -8.28. The number of carbonyl (C=O) groups is 1. The van der Waals surface area contributed by atoms with Crippen LogP contribution in [0.15, 0.2) is 47.7 Å². The third-order valence-corrected chi connectivity index (χ3v) is 6.46. The summed E-state index contributed by atoms with van der Waals surface area (Å²) in [5, 5.41) is 21.4. The zero-order chi connectivity index (χ0) is 26.9. The molecule has 0 radical (unpaired) electrons. The van der Waals surface area contributed by atoms with Gasteiger partial charge in [-0.25, -0.2) is 4.79 Å². The molecule has 0 amide bonds. The first-order valence-corrected chi connectivity index (χ1v) is 11.4. The van der Waals surface area contributed by atoms with Gasteiger partial charge in [-0.1, -0.05) is 19.4 Å². The quantitative estimate of drug-likeness (QED) is 0.501. The number of hydrogen-bond acceptors (Lipinski definition) is 5. The molecule has 200 valence electrons. The minimum Gasteiger partial charge on any atom is -0.478 e. The SMILES string of the molecule is CCCC1N(C(O)C2=CN(C)CC=C2C(F)(F)F)CCCC1(Oc1ccc(C(F)(F)F)cc1)C(=O)O. The summed E-state index contributed by atoms with van der Waals surface area (Å²) in [5.41, 5.74) is -4.35. The third kappa shape index (κ3) is 5.64. The van der Waals surface area contributed by atoms with Crippen LogP contribution >= 0.6 is 0 Å². The first kappa shape index (κ1) is 27.9. The van der Waals surface area contributed by atoms with E-state index >= 15 is 0 Å². The second-order valence-electron chi connectivity index (χ2n) is 8.98. The van der Waals surface area contributed by atoms with Crippen LogP contribution in [0.25, 0.3) is 0 Å². The van der Waals surface area contributed by atoms with E-state index in [4.69, 9.17) is 4.74 Å². The zero-order valence-corrected chi connectivity index (χ0v) is 19.7. The lowest BCUT2D eigenvalue weighted by atomic mass is 9.80. The highest BCUT2D eigenvalue weighted by Gasteiger charge is 2.55. The standard InChI is InChI=1S/C24H28F6N2O4/c1-3-5-19-22(21(34)35,36-16-8-6-15(7-9-16)23(25,26)27)11-4-12-32(19)20(33)17-14-31(2)13-10-18(17)24(28,29)30/h6-10,14,19-20,33H,3-5,11-13H2,1-2H3,(H,34,35). The number of alkyl halides is 6. The molecule has 2 N–H and O–H groups in total. The van der Waals surface area contributed by atoms with Crippen LogP contribution in [0.2, 0.25) is 0 Å². The number of carboxylic acid groups (broad SMARTS) is 1. The summed E-state index contributed by atoms with van der Waals surface area (Å²) in [6.45, 7) is 1.83. The predicted molar refractivity (Wildman–Crippen MR) is 118 cm³/mol. The van der Waals surface area contributed by atoms with Gasteiger partial charge in [-0.05, 0) is 37.1 Å². The second kappa shape index (κ2) is 10.3. The topological polar surface area (TPSA) is 73.2 Å². The van der Waals surface area contributed by atoms with Gasteiger partial charge in [-0.15, -0.1) is 0 Å². The number of hydrogen-bond donors (Lipinski definition) is 2. The fourth-order valence-corrected chi connectivity index (χ4v) is 4.79. The molecule has 36 heavy (non-hydrogen) atoms. The minimum absolute atomic E-state index is 0.0143. The van der Waals surface area contributed by atoms with Gasteiger partial charge < -0.3 is 19.8 Å². The largest absolute Gasteiger partial charge is 0.478 e. The Hall–Kier alpha value is -2.73. The van der Waals surface area contributed by atoms with E-state index in [9.17, 15) is 41.4 Å². The molecular weight excluding hydrogens is 494 g/mol. The molecule has 2 heterocycles. The molecule has 2 aliphatic rings. The maximum absolute atomic E-state index is 13.7. The van der Waals surface area contributed by atoms with Crippen LogP contribution in [0.5, 0.6) is 5.75 Å². The summed E-state index contributed by atoms with van der Waals surface area (Å²) < 4.78 is 85.8. The van der Waals surface area contributed by atoms with Crippen molar-refractivity contribution in [1.82, 2.24) is 9.80 Å². The normalized spacial score (nSPS) is 24.7. The Morgan fingerprint density at radius 2 is 1.81 bits per heavy atom. The number of aliphatic hydroxyl groups excluding tert-OH is 1. The maximum Gasteiger partial charge on any atom is 0.416 e. The monoisotopic (exact) mass is 522 g/mol. The molecule has 6 nitrogen and oxygen atoms in total. The van der Waals surface area contributed by atoms with E-state index in [1.165, 1.54) is 16.0 Å². The fraction of sp³-hybridized carbons (Fsp3) is 0.542. The number of rotatable bonds is 7. The fourth-order valence-electron chi connectivity index (χ4n) is 4.79. The molecule has 3 atom stereocenters. The van der Waals surface area contributed by atoms with Crippen LogP contribution in [0.1, 0.15) is 38.2 Å². The Bertz CT molecular complexity index is 1010. The molecule has 1 aromatic rings. The smallest absolute Gasteiger partial charge is 0.416 e. The van der Waals surface area contributed by atoms with Crippen molar-refractivity contribution in [2.24, 2.45) is 0 Å². The Labute approximate surface area is 204 Å². The number of halogens is 6. The number of piperidine rings is 1. The molecule has 0 aromatic heterocycles. The van der Waals surface area contributed by atoms with Gasteiger partial charge in [0.05, 0.1) is 17.2 Å².